The molecule has 8 nitrogen and oxygen atoms in total. The standard InChI is InChI=1S/C24H23FN6O2/c1-30-20-14-27-24(29-21(20)31-12-2-3-19(31)23(30)33)26-13-15-4-10-18(11-5-15)28-22(32)16-6-8-17(25)9-7-16/h4-11,14,19H,2-3,12-13H2,1H3,(H,28,32)(H,26,27,29)/t19-/m0/s1. The highest BCUT2D eigenvalue weighted by atomic mass is 19.1. The smallest absolute Gasteiger partial charge is 0.255 e. The molecule has 1 atom stereocenters. The van der Waals surface area contributed by atoms with Gasteiger partial charge in [0.05, 0.1) is 6.20 Å². The third kappa shape index (κ3) is 4.09. The Morgan fingerprint density at radius 3 is 2.67 bits per heavy atom. The van der Waals surface area contributed by atoms with Crippen molar-refractivity contribution in [3.63, 3.8) is 0 Å². The lowest BCUT2D eigenvalue weighted by Crippen LogP contribution is -2.49. The molecule has 33 heavy (non-hydrogen) atoms. The Labute approximate surface area is 190 Å². The lowest BCUT2D eigenvalue weighted by atomic mass is 10.1. The van der Waals surface area contributed by atoms with Gasteiger partial charge in [0.1, 0.15) is 17.5 Å². The molecule has 1 saturated heterocycles. The summed E-state index contributed by atoms with van der Waals surface area (Å²) < 4.78 is 13.0. The largest absolute Gasteiger partial charge is 0.350 e. The summed E-state index contributed by atoms with van der Waals surface area (Å²) in [6.45, 7) is 1.32. The number of amides is 2. The van der Waals surface area contributed by atoms with Gasteiger partial charge < -0.3 is 20.4 Å². The number of rotatable bonds is 5. The molecule has 2 aliphatic rings. The zero-order chi connectivity index (χ0) is 22.9. The topological polar surface area (TPSA) is 90.5 Å². The average Bonchev–Trinajstić information content (AvgIpc) is 3.33. The molecular weight excluding hydrogens is 423 g/mol. The maximum absolute atomic E-state index is 13.0. The van der Waals surface area contributed by atoms with Crippen LogP contribution in [0.3, 0.4) is 0 Å². The van der Waals surface area contributed by atoms with E-state index >= 15 is 0 Å². The molecule has 2 N–H and O–H groups in total. The fraction of sp³-hybridized carbons (Fsp3) is 0.250. The minimum Gasteiger partial charge on any atom is -0.350 e. The molecule has 0 bridgehead atoms. The quantitative estimate of drug-likeness (QED) is 0.624. The highest BCUT2D eigenvalue weighted by molar-refractivity contribution is 6.05. The van der Waals surface area contributed by atoms with Crippen molar-refractivity contribution in [2.75, 3.05) is 34.0 Å². The molecule has 2 aliphatic heterocycles. The van der Waals surface area contributed by atoms with Gasteiger partial charge in [0.2, 0.25) is 11.9 Å². The molecule has 1 fully saturated rings. The second-order valence-corrected chi connectivity index (χ2v) is 8.16. The summed E-state index contributed by atoms with van der Waals surface area (Å²) in [6, 6.07) is 12.7. The summed E-state index contributed by atoms with van der Waals surface area (Å²) >= 11 is 0. The van der Waals surface area contributed by atoms with Crippen molar-refractivity contribution in [2.45, 2.75) is 25.4 Å². The van der Waals surface area contributed by atoms with E-state index in [0.717, 1.165) is 36.5 Å². The van der Waals surface area contributed by atoms with Crippen LogP contribution in [0.5, 0.6) is 0 Å². The van der Waals surface area contributed by atoms with Gasteiger partial charge in [0, 0.05) is 31.4 Å². The van der Waals surface area contributed by atoms with E-state index in [1.807, 2.05) is 24.3 Å². The molecule has 2 amide bonds. The Balaban J connectivity index is 1.23. The Hall–Kier alpha value is -4.01. The number of likely N-dealkylation sites (N-methyl/N-ethyl adjacent to an activating group) is 1. The summed E-state index contributed by atoms with van der Waals surface area (Å²) in [6.07, 6.45) is 3.51. The molecule has 3 aromatic rings. The molecule has 0 unspecified atom stereocenters. The van der Waals surface area contributed by atoms with Gasteiger partial charge in [-0.25, -0.2) is 9.37 Å². The zero-order valence-electron chi connectivity index (χ0n) is 18.1. The minimum atomic E-state index is -0.382. The first-order chi connectivity index (χ1) is 16.0. The number of aromatic nitrogens is 2. The van der Waals surface area contributed by atoms with Crippen LogP contribution in [0.15, 0.2) is 54.7 Å². The molecule has 0 saturated carbocycles. The fourth-order valence-electron chi connectivity index (χ4n) is 4.21. The Bertz CT molecular complexity index is 1200. The van der Waals surface area contributed by atoms with Crippen LogP contribution >= 0.6 is 0 Å². The van der Waals surface area contributed by atoms with Crippen LogP contribution in [0.1, 0.15) is 28.8 Å². The van der Waals surface area contributed by atoms with Crippen molar-refractivity contribution >= 4 is 35.0 Å². The first-order valence-electron chi connectivity index (χ1n) is 10.8. The number of carbonyl (C=O) groups excluding carboxylic acids is 2. The predicted octanol–water partition coefficient (Wildman–Crippen LogP) is 3.43. The number of hydrogen-bond acceptors (Lipinski definition) is 6. The van der Waals surface area contributed by atoms with Crippen LogP contribution in [-0.2, 0) is 11.3 Å². The predicted molar refractivity (Wildman–Crippen MR) is 124 cm³/mol. The van der Waals surface area contributed by atoms with Gasteiger partial charge in [-0.3, -0.25) is 9.59 Å². The van der Waals surface area contributed by atoms with Gasteiger partial charge in [-0.1, -0.05) is 12.1 Å². The third-order valence-corrected chi connectivity index (χ3v) is 6.02. The Kier molecular flexibility index (Phi) is 5.37. The molecule has 168 valence electrons. The second-order valence-electron chi connectivity index (χ2n) is 8.16. The molecule has 2 aromatic carbocycles. The van der Waals surface area contributed by atoms with E-state index < -0.39 is 0 Å². The van der Waals surface area contributed by atoms with Crippen LogP contribution in [0, 0.1) is 5.82 Å². The van der Waals surface area contributed by atoms with Crippen LogP contribution in [0.2, 0.25) is 0 Å². The fourth-order valence-corrected chi connectivity index (χ4v) is 4.21. The van der Waals surface area contributed by atoms with Gasteiger partial charge in [-0.05, 0) is 54.8 Å². The SMILES string of the molecule is CN1C(=O)[C@@H]2CCCN2c2nc(NCc3ccc(NC(=O)c4ccc(F)cc4)cc3)ncc21. The van der Waals surface area contributed by atoms with Gasteiger partial charge in [-0.15, -0.1) is 0 Å². The molecule has 9 heteroatoms. The van der Waals surface area contributed by atoms with E-state index in [2.05, 4.69) is 25.5 Å². The van der Waals surface area contributed by atoms with Crippen molar-refractivity contribution in [3.05, 3.63) is 71.7 Å². The average molecular weight is 446 g/mol. The van der Waals surface area contributed by atoms with Crippen molar-refractivity contribution in [2.24, 2.45) is 0 Å². The van der Waals surface area contributed by atoms with Crippen molar-refractivity contribution in [3.8, 4) is 0 Å². The van der Waals surface area contributed by atoms with Crippen molar-refractivity contribution < 1.29 is 14.0 Å². The van der Waals surface area contributed by atoms with E-state index in [1.54, 1.807) is 18.1 Å². The maximum atomic E-state index is 13.0. The number of anilines is 4. The van der Waals surface area contributed by atoms with E-state index in [9.17, 15) is 14.0 Å². The Morgan fingerprint density at radius 1 is 1.15 bits per heavy atom. The summed E-state index contributed by atoms with van der Waals surface area (Å²) in [4.78, 5) is 37.6. The van der Waals surface area contributed by atoms with Crippen molar-refractivity contribution in [1.82, 2.24) is 9.97 Å². The summed E-state index contributed by atoms with van der Waals surface area (Å²) in [5.74, 6) is 0.696. The number of nitrogens with one attached hydrogen (secondary N) is 2. The van der Waals surface area contributed by atoms with Crippen LogP contribution in [0.4, 0.5) is 27.5 Å². The summed E-state index contributed by atoms with van der Waals surface area (Å²) in [5.41, 5.74) is 2.75. The number of nitrogens with zero attached hydrogens (tertiary/aromatic N) is 4. The molecule has 0 radical (unpaired) electrons. The van der Waals surface area contributed by atoms with Crippen LogP contribution < -0.4 is 20.4 Å². The number of fused-ring (bicyclic) bond motifs is 3. The van der Waals surface area contributed by atoms with Crippen molar-refractivity contribution in [1.29, 1.82) is 0 Å². The van der Waals surface area contributed by atoms with E-state index in [0.29, 0.717) is 23.7 Å². The Morgan fingerprint density at radius 2 is 1.91 bits per heavy atom. The molecule has 5 rings (SSSR count). The van der Waals surface area contributed by atoms with E-state index in [1.165, 1.54) is 24.3 Å². The van der Waals surface area contributed by atoms with Crippen LogP contribution in [0.25, 0.3) is 0 Å². The monoisotopic (exact) mass is 446 g/mol. The summed E-state index contributed by atoms with van der Waals surface area (Å²) in [7, 11) is 1.77. The van der Waals surface area contributed by atoms with Gasteiger partial charge in [-0.2, -0.15) is 4.98 Å². The first-order valence-corrected chi connectivity index (χ1v) is 10.8. The molecular formula is C24H23FN6O2. The second kappa shape index (κ2) is 8.50. The molecule has 3 heterocycles. The lowest BCUT2D eigenvalue weighted by molar-refractivity contribution is -0.119. The normalized spacial score (nSPS) is 16.9. The number of halogens is 1. The molecule has 1 aromatic heterocycles. The van der Waals surface area contributed by atoms with E-state index in [4.69, 9.17) is 0 Å². The highest BCUT2D eigenvalue weighted by Gasteiger charge is 2.40. The highest BCUT2D eigenvalue weighted by Crippen LogP contribution is 2.37. The zero-order valence-corrected chi connectivity index (χ0v) is 18.1. The molecule has 0 spiro atoms. The number of carbonyl (C=O) groups is 2. The van der Waals surface area contributed by atoms with Crippen LogP contribution in [-0.4, -0.2) is 41.4 Å². The minimum absolute atomic E-state index is 0.0934. The maximum Gasteiger partial charge on any atom is 0.255 e. The van der Waals surface area contributed by atoms with Gasteiger partial charge >= 0.3 is 0 Å². The first kappa shape index (κ1) is 20.9. The number of hydrogen-bond donors (Lipinski definition) is 2. The summed E-state index contributed by atoms with van der Waals surface area (Å²) in [5, 5.41) is 6.03. The number of benzene rings is 2. The van der Waals surface area contributed by atoms with Gasteiger partial charge in [0.15, 0.2) is 5.82 Å². The lowest BCUT2D eigenvalue weighted by Gasteiger charge is -2.36. The third-order valence-electron chi connectivity index (χ3n) is 6.02. The molecule has 0 aliphatic carbocycles. The van der Waals surface area contributed by atoms with E-state index in [-0.39, 0.29) is 23.7 Å². The van der Waals surface area contributed by atoms with Gasteiger partial charge in [0.25, 0.3) is 5.91 Å².